The fourth-order valence-electron chi connectivity index (χ4n) is 0.984. The molecule has 0 atom stereocenters. The second kappa shape index (κ2) is 7.50. The van der Waals surface area contributed by atoms with E-state index in [1.165, 1.54) is 11.3 Å². The van der Waals surface area contributed by atoms with E-state index in [1.54, 1.807) is 6.07 Å². The zero-order valence-electron chi connectivity index (χ0n) is 8.26. The van der Waals surface area contributed by atoms with Crippen molar-refractivity contribution < 1.29 is 9.53 Å². The Labute approximate surface area is 116 Å². The molecule has 0 aliphatic rings. The van der Waals surface area contributed by atoms with E-state index in [-0.39, 0.29) is 5.91 Å². The van der Waals surface area contributed by atoms with Crippen molar-refractivity contribution in [1.82, 2.24) is 5.32 Å². The van der Waals surface area contributed by atoms with Crippen molar-refractivity contribution in [2.45, 2.75) is 0 Å². The van der Waals surface area contributed by atoms with Gasteiger partial charge in [-0.25, -0.2) is 0 Å². The third-order valence-electron chi connectivity index (χ3n) is 1.65. The minimum atomic E-state index is -0.226. The van der Waals surface area contributed by atoms with Gasteiger partial charge in [0.2, 0.25) is 0 Å². The Balaban J connectivity index is 2.33. The van der Waals surface area contributed by atoms with Gasteiger partial charge in [0.15, 0.2) is 0 Å². The number of nitrogens with one attached hydrogen (secondary N) is 1. The highest BCUT2D eigenvalue weighted by Crippen LogP contribution is 2.30. The zero-order valence-corrected chi connectivity index (χ0v) is 12.2. The molecule has 1 aromatic heterocycles. The molecule has 3 nitrogen and oxygen atoms in total. The van der Waals surface area contributed by atoms with Gasteiger partial charge in [-0.15, -0.1) is 11.3 Å². The first-order valence-electron chi connectivity index (χ1n) is 4.52. The molecule has 1 aromatic rings. The molecule has 0 saturated heterocycles. The van der Waals surface area contributed by atoms with Gasteiger partial charge in [-0.05, 0) is 6.07 Å². The lowest BCUT2D eigenvalue weighted by Crippen LogP contribution is -2.27. The summed E-state index contributed by atoms with van der Waals surface area (Å²) in [6.07, 6.45) is 0. The van der Waals surface area contributed by atoms with Crippen molar-refractivity contribution in [3.05, 3.63) is 20.3 Å². The molecule has 1 amide bonds. The highest BCUT2D eigenvalue weighted by Gasteiger charge is 2.13. The number of ether oxygens (including phenoxy) is 1. The number of hydrogen-bond donors (Lipinski definition) is 1. The van der Waals surface area contributed by atoms with Crippen LogP contribution in [-0.2, 0) is 4.74 Å². The van der Waals surface area contributed by atoms with E-state index < -0.39 is 0 Å². The average Bonchev–Trinajstić information content (AvgIpc) is 2.57. The van der Waals surface area contributed by atoms with E-state index in [2.05, 4.69) is 21.2 Å². The summed E-state index contributed by atoms with van der Waals surface area (Å²) in [4.78, 5) is 11.6. The highest BCUT2D eigenvalue weighted by atomic mass is 79.9. The predicted molar refractivity (Wildman–Crippen MR) is 71.3 cm³/mol. The lowest BCUT2D eigenvalue weighted by Gasteiger charge is -2.04. The zero-order chi connectivity index (χ0) is 12.0. The van der Waals surface area contributed by atoms with Gasteiger partial charge in [-0.1, -0.05) is 39.1 Å². The fourth-order valence-corrected chi connectivity index (χ4v) is 2.67. The quantitative estimate of drug-likeness (QED) is 0.634. The summed E-state index contributed by atoms with van der Waals surface area (Å²) in [6, 6.07) is 1.56. The van der Waals surface area contributed by atoms with Crippen LogP contribution in [0, 0.1) is 0 Å². The molecule has 16 heavy (non-hydrogen) atoms. The normalized spacial score (nSPS) is 10.4. The Kier molecular flexibility index (Phi) is 6.68. The monoisotopic (exact) mass is 345 g/mol. The van der Waals surface area contributed by atoms with Gasteiger partial charge in [-0.2, -0.15) is 0 Å². The van der Waals surface area contributed by atoms with E-state index in [4.69, 9.17) is 27.9 Å². The Hall–Kier alpha value is 0.190. The Morgan fingerprint density at radius 2 is 2.25 bits per heavy atom. The maximum Gasteiger partial charge on any atom is 0.253 e. The number of thiophene rings is 1. The number of carbonyl (C=O) groups excluding carboxylic acids is 1. The van der Waals surface area contributed by atoms with Crippen LogP contribution >= 0.6 is 50.5 Å². The van der Waals surface area contributed by atoms with Crippen molar-refractivity contribution in [3.63, 3.8) is 0 Å². The summed E-state index contributed by atoms with van der Waals surface area (Å²) < 4.78 is 6.10. The van der Waals surface area contributed by atoms with Gasteiger partial charge in [0, 0.05) is 11.9 Å². The molecule has 1 heterocycles. The molecule has 0 saturated carbocycles. The molecule has 0 aromatic carbocycles. The van der Waals surface area contributed by atoms with E-state index in [9.17, 15) is 4.79 Å². The van der Waals surface area contributed by atoms with Crippen LogP contribution in [0.25, 0.3) is 0 Å². The molecule has 0 bridgehead atoms. The summed E-state index contributed by atoms with van der Waals surface area (Å²) >= 11 is 16.0. The van der Waals surface area contributed by atoms with Crippen LogP contribution < -0.4 is 5.32 Å². The summed E-state index contributed by atoms with van der Waals surface area (Å²) in [5.41, 5.74) is 0.414. The van der Waals surface area contributed by atoms with E-state index >= 15 is 0 Å². The Morgan fingerprint density at radius 1 is 1.50 bits per heavy atom. The van der Waals surface area contributed by atoms with Gasteiger partial charge < -0.3 is 10.1 Å². The van der Waals surface area contributed by atoms with Gasteiger partial charge in [0.25, 0.3) is 5.91 Å². The smallest absolute Gasteiger partial charge is 0.253 e. The number of alkyl halides is 1. The number of carbonyl (C=O) groups is 1. The first kappa shape index (κ1) is 14.3. The van der Waals surface area contributed by atoms with E-state index in [1.807, 2.05) is 0 Å². The number of hydrogen-bond acceptors (Lipinski definition) is 3. The van der Waals surface area contributed by atoms with Crippen molar-refractivity contribution in [3.8, 4) is 0 Å². The minimum Gasteiger partial charge on any atom is -0.379 e. The second-order valence-electron chi connectivity index (χ2n) is 2.80. The van der Waals surface area contributed by atoms with Crippen LogP contribution in [0.1, 0.15) is 10.4 Å². The standard InChI is InChI=1S/C9H10BrCl2NO2S/c10-1-3-15-4-2-13-9(14)6-5-7(11)16-8(6)12/h5H,1-4H2,(H,13,14). The maximum absolute atomic E-state index is 11.6. The molecule has 0 spiro atoms. The molecule has 0 fully saturated rings. The van der Waals surface area contributed by atoms with Crippen molar-refractivity contribution >= 4 is 56.4 Å². The molecule has 0 radical (unpaired) electrons. The summed E-state index contributed by atoms with van der Waals surface area (Å²) in [5, 5.41) is 3.48. The third kappa shape index (κ3) is 4.59. The molecule has 90 valence electrons. The minimum absolute atomic E-state index is 0.226. The third-order valence-corrected chi connectivity index (χ3v) is 3.47. The van der Waals surface area contributed by atoms with E-state index in [0.717, 1.165) is 5.33 Å². The molecule has 0 unspecified atom stereocenters. The van der Waals surface area contributed by atoms with Gasteiger partial charge in [0.05, 0.1) is 23.1 Å². The molecule has 1 rings (SSSR count). The fraction of sp³-hybridized carbons (Fsp3) is 0.444. The second-order valence-corrected chi connectivity index (χ2v) is 5.87. The molecule has 1 N–H and O–H groups in total. The van der Waals surface area contributed by atoms with E-state index in [0.29, 0.717) is 34.0 Å². The van der Waals surface area contributed by atoms with Gasteiger partial charge >= 0.3 is 0 Å². The Bertz CT molecular complexity index is 359. The largest absolute Gasteiger partial charge is 0.379 e. The molecular weight excluding hydrogens is 337 g/mol. The number of halogens is 3. The summed E-state index contributed by atoms with van der Waals surface area (Å²) in [7, 11) is 0. The summed E-state index contributed by atoms with van der Waals surface area (Å²) in [5.74, 6) is -0.226. The van der Waals surface area contributed by atoms with Crippen molar-refractivity contribution in [2.75, 3.05) is 25.1 Å². The highest BCUT2D eigenvalue weighted by molar-refractivity contribution is 9.09. The summed E-state index contributed by atoms with van der Waals surface area (Å²) in [6.45, 7) is 1.56. The SMILES string of the molecule is O=C(NCCOCCBr)c1cc(Cl)sc1Cl. The van der Waals surface area contributed by atoms with Crippen molar-refractivity contribution in [2.24, 2.45) is 0 Å². The first-order chi connectivity index (χ1) is 7.65. The van der Waals surface area contributed by atoms with Crippen LogP contribution in [0.3, 0.4) is 0 Å². The first-order valence-corrected chi connectivity index (χ1v) is 7.21. The average molecular weight is 347 g/mol. The van der Waals surface area contributed by atoms with Crippen LogP contribution in [0.4, 0.5) is 0 Å². The number of amides is 1. The van der Waals surface area contributed by atoms with Crippen LogP contribution in [0.5, 0.6) is 0 Å². The molecule has 7 heteroatoms. The molecular formula is C9H10BrCl2NO2S. The maximum atomic E-state index is 11.6. The lowest BCUT2D eigenvalue weighted by atomic mass is 10.3. The topological polar surface area (TPSA) is 38.3 Å². The number of rotatable bonds is 6. The van der Waals surface area contributed by atoms with Gasteiger partial charge in [-0.3, -0.25) is 4.79 Å². The van der Waals surface area contributed by atoms with Gasteiger partial charge in [0.1, 0.15) is 4.34 Å². The Morgan fingerprint density at radius 3 is 2.81 bits per heavy atom. The molecule has 0 aliphatic heterocycles. The van der Waals surface area contributed by atoms with Crippen LogP contribution in [0.15, 0.2) is 6.07 Å². The van der Waals surface area contributed by atoms with Crippen LogP contribution in [-0.4, -0.2) is 31.0 Å². The van der Waals surface area contributed by atoms with Crippen LogP contribution in [0.2, 0.25) is 8.67 Å². The lowest BCUT2D eigenvalue weighted by molar-refractivity contribution is 0.0924. The predicted octanol–water partition coefficient (Wildman–Crippen LogP) is 3.20. The van der Waals surface area contributed by atoms with Crippen molar-refractivity contribution in [1.29, 1.82) is 0 Å². The molecule has 0 aliphatic carbocycles.